The molecule has 23 heavy (non-hydrogen) atoms. The Balaban J connectivity index is 2.10. The molecule has 1 aliphatic rings. The predicted molar refractivity (Wildman–Crippen MR) is 94.7 cm³/mol. The van der Waals surface area contributed by atoms with E-state index < -0.39 is 6.10 Å². The third kappa shape index (κ3) is 2.26. The lowest BCUT2D eigenvalue weighted by molar-refractivity contribution is 0.0994. The lowest BCUT2D eigenvalue weighted by atomic mass is 9.74. The summed E-state index contributed by atoms with van der Waals surface area (Å²) in [6.45, 7) is 6.63. The van der Waals surface area contributed by atoms with E-state index in [4.69, 9.17) is 4.98 Å². The van der Waals surface area contributed by atoms with Gasteiger partial charge in [-0.25, -0.2) is 0 Å². The normalized spacial score (nSPS) is 20.1. The SMILES string of the molecule is CCCc1nc2c(c3[nH]c4ccccc4c13)C(O)CC(C)(C)C2. The van der Waals surface area contributed by atoms with Crippen molar-refractivity contribution < 1.29 is 5.11 Å². The molecule has 0 aliphatic heterocycles. The molecule has 3 aromatic rings. The first-order valence-corrected chi connectivity index (χ1v) is 8.60. The first-order chi connectivity index (χ1) is 11.0. The predicted octanol–water partition coefficient (Wildman–Crippen LogP) is 4.67. The van der Waals surface area contributed by atoms with Crippen LogP contribution in [0.1, 0.15) is 56.7 Å². The molecule has 0 bridgehead atoms. The zero-order valence-corrected chi connectivity index (χ0v) is 14.1. The molecular formula is C20H24N2O. The molecule has 1 unspecified atom stereocenters. The fourth-order valence-electron chi connectivity index (χ4n) is 4.13. The van der Waals surface area contributed by atoms with Gasteiger partial charge >= 0.3 is 0 Å². The molecular weight excluding hydrogens is 284 g/mol. The fourth-order valence-corrected chi connectivity index (χ4v) is 4.13. The second-order valence-corrected chi connectivity index (χ2v) is 7.65. The van der Waals surface area contributed by atoms with Crippen molar-refractivity contribution in [3.8, 4) is 0 Å². The molecule has 0 saturated carbocycles. The summed E-state index contributed by atoms with van der Waals surface area (Å²) in [5.74, 6) is 0. The highest BCUT2D eigenvalue weighted by Gasteiger charge is 2.34. The Hall–Kier alpha value is -1.87. The molecule has 2 N–H and O–H groups in total. The Morgan fingerprint density at radius 1 is 1.30 bits per heavy atom. The maximum atomic E-state index is 10.8. The van der Waals surface area contributed by atoms with Crippen molar-refractivity contribution >= 4 is 21.8 Å². The van der Waals surface area contributed by atoms with Gasteiger partial charge in [-0.05, 0) is 30.7 Å². The quantitative estimate of drug-likeness (QED) is 0.722. The van der Waals surface area contributed by atoms with Crippen molar-refractivity contribution in [3.63, 3.8) is 0 Å². The van der Waals surface area contributed by atoms with E-state index in [1.54, 1.807) is 0 Å². The van der Waals surface area contributed by atoms with Crippen molar-refractivity contribution in [1.29, 1.82) is 0 Å². The van der Waals surface area contributed by atoms with E-state index in [0.29, 0.717) is 0 Å². The number of hydrogen-bond acceptors (Lipinski definition) is 2. The molecule has 0 radical (unpaired) electrons. The molecule has 1 aliphatic carbocycles. The molecule has 2 aromatic heterocycles. The minimum absolute atomic E-state index is 0.0998. The highest BCUT2D eigenvalue weighted by atomic mass is 16.3. The minimum Gasteiger partial charge on any atom is -0.388 e. The van der Waals surface area contributed by atoms with Gasteiger partial charge in [-0.1, -0.05) is 45.4 Å². The summed E-state index contributed by atoms with van der Waals surface area (Å²) in [6.07, 6.45) is 3.34. The van der Waals surface area contributed by atoms with E-state index in [0.717, 1.165) is 48.0 Å². The van der Waals surface area contributed by atoms with E-state index >= 15 is 0 Å². The first-order valence-electron chi connectivity index (χ1n) is 8.60. The molecule has 2 heterocycles. The van der Waals surface area contributed by atoms with Gasteiger partial charge in [-0.2, -0.15) is 0 Å². The van der Waals surface area contributed by atoms with Gasteiger partial charge in [0, 0.05) is 27.5 Å². The van der Waals surface area contributed by atoms with Crippen LogP contribution < -0.4 is 0 Å². The summed E-state index contributed by atoms with van der Waals surface area (Å²) in [5.41, 5.74) is 5.60. The van der Waals surface area contributed by atoms with Crippen LogP contribution in [0.4, 0.5) is 0 Å². The average Bonchev–Trinajstić information content (AvgIpc) is 2.84. The third-order valence-corrected chi connectivity index (χ3v) is 5.06. The smallest absolute Gasteiger partial charge is 0.0833 e. The molecule has 120 valence electrons. The Bertz CT molecular complexity index is 891. The molecule has 0 fully saturated rings. The van der Waals surface area contributed by atoms with Gasteiger partial charge in [0.2, 0.25) is 0 Å². The average molecular weight is 308 g/mol. The zero-order chi connectivity index (χ0) is 16.2. The molecule has 1 aromatic carbocycles. The maximum Gasteiger partial charge on any atom is 0.0833 e. The number of pyridine rings is 1. The van der Waals surface area contributed by atoms with Crippen molar-refractivity contribution in [3.05, 3.63) is 41.2 Å². The van der Waals surface area contributed by atoms with Crippen LogP contribution in [0.3, 0.4) is 0 Å². The summed E-state index contributed by atoms with van der Waals surface area (Å²) >= 11 is 0. The molecule has 0 saturated heterocycles. The van der Waals surface area contributed by atoms with Gasteiger partial charge in [0.05, 0.1) is 17.3 Å². The van der Waals surface area contributed by atoms with Crippen LogP contribution in [-0.4, -0.2) is 15.1 Å². The molecule has 4 rings (SSSR count). The molecule has 3 heteroatoms. The number of benzene rings is 1. The lowest BCUT2D eigenvalue weighted by Crippen LogP contribution is -2.27. The molecule has 1 atom stereocenters. The van der Waals surface area contributed by atoms with Crippen molar-refractivity contribution in [2.24, 2.45) is 5.41 Å². The second kappa shape index (κ2) is 5.07. The van der Waals surface area contributed by atoms with Crippen LogP contribution in [-0.2, 0) is 12.8 Å². The number of H-pyrrole nitrogens is 1. The molecule has 0 amide bonds. The minimum atomic E-state index is -0.438. The number of aliphatic hydroxyl groups is 1. The van der Waals surface area contributed by atoms with Gasteiger partial charge in [0.1, 0.15) is 0 Å². The summed E-state index contributed by atoms with van der Waals surface area (Å²) < 4.78 is 0. The fraction of sp³-hybridized carbons (Fsp3) is 0.450. The number of aryl methyl sites for hydroxylation is 1. The Morgan fingerprint density at radius 2 is 2.09 bits per heavy atom. The van der Waals surface area contributed by atoms with Gasteiger partial charge in [0.25, 0.3) is 0 Å². The van der Waals surface area contributed by atoms with Crippen LogP contribution >= 0.6 is 0 Å². The summed E-state index contributed by atoms with van der Waals surface area (Å²) in [6, 6.07) is 8.39. The highest BCUT2D eigenvalue weighted by Crippen LogP contribution is 2.44. The van der Waals surface area contributed by atoms with E-state index in [1.807, 2.05) is 0 Å². The van der Waals surface area contributed by atoms with Crippen LogP contribution in [0.25, 0.3) is 21.8 Å². The number of nitrogens with zero attached hydrogens (tertiary/aromatic N) is 1. The van der Waals surface area contributed by atoms with E-state index in [2.05, 4.69) is 50.0 Å². The highest BCUT2D eigenvalue weighted by molar-refractivity contribution is 6.09. The van der Waals surface area contributed by atoms with Crippen molar-refractivity contribution in [1.82, 2.24) is 9.97 Å². The maximum absolute atomic E-state index is 10.8. The van der Waals surface area contributed by atoms with E-state index in [-0.39, 0.29) is 5.41 Å². The summed E-state index contributed by atoms with van der Waals surface area (Å²) in [5, 5.41) is 13.2. The number of hydrogen-bond donors (Lipinski definition) is 2. The number of fused-ring (bicyclic) bond motifs is 5. The number of nitrogens with one attached hydrogen (secondary N) is 1. The van der Waals surface area contributed by atoms with Crippen LogP contribution in [0.15, 0.2) is 24.3 Å². The number of para-hydroxylation sites is 1. The Morgan fingerprint density at radius 3 is 2.87 bits per heavy atom. The zero-order valence-electron chi connectivity index (χ0n) is 14.1. The Kier molecular flexibility index (Phi) is 3.24. The standard InChI is InChI=1S/C20H24N2O/c1-4-7-14-17-12-8-5-6-9-13(12)22-19(17)18-15(21-14)10-20(2,3)11-16(18)23/h5-6,8-9,16,22-23H,4,7,10-11H2,1-3H3. The van der Waals surface area contributed by atoms with Crippen LogP contribution in [0.5, 0.6) is 0 Å². The van der Waals surface area contributed by atoms with Gasteiger partial charge in [-0.3, -0.25) is 4.98 Å². The summed E-state index contributed by atoms with van der Waals surface area (Å²) in [7, 11) is 0. The number of aliphatic hydroxyl groups excluding tert-OH is 1. The summed E-state index contributed by atoms with van der Waals surface area (Å²) in [4.78, 5) is 8.58. The Labute approximate surface area is 136 Å². The van der Waals surface area contributed by atoms with Crippen molar-refractivity contribution in [2.45, 2.75) is 52.6 Å². The topological polar surface area (TPSA) is 48.9 Å². The van der Waals surface area contributed by atoms with E-state index in [1.165, 1.54) is 16.5 Å². The van der Waals surface area contributed by atoms with Gasteiger partial charge in [-0.15, -0.1) is 0 Å². The number of aromatic amines is 1. The largest absolute Gasteiger partial charge is 0.388 e. The van der Waals surface area contributed by atoms with Gasteiger partial charge < -0.3 is 10.1 Å². The monoisotopic (exact) mass is 308 g/mol. The van der Waals surface area contributed by atoms with Gasteiger partial charge in [0.15, 0.2) is 0 Å². The number of rotatable bonds is 2. The molecule has 3 nitrogen and oxygen atoms in total. The third-order valence-electron chi connectivity index (χ3n) is 5.06. The molecule has 0 spiro atoms. The van der Waals surface area contributed by atoms with Crippen LogP contribution in [0, 0.1) is 5.41 Å². The van der Waals surface area contributed by atoms with Crippen molar-refractivity contribution in [2.75, 3.05) is 0 Å². The second-order valence-electron chi connectivity index (χ2n) is 7.65. The first kappa shape index (κ1) is 14.7. The number of aromatic nitrogens is 2. The van der Waals surface area contributed by atoms with Crippen LogP contribution in [0.2, 0.25) is 0 Å². The lowest BCUT2D eigenvalue weighted by Gasteiger charge is -2.34. The van der Waals surface area contributed by atoms with E-state index in [9.17, 15) is 5.11 Å².